The average molecular weight is 459 g/mol. The van der Waals surface area contributed by atoms with Crippen LogP contribution < -0.4 is 0 Å². The Morgan fingerprint density at radius 3 is 2.84 bits per heavy atom. The molecule has 1 aliphatic rings. The molecule has 1 fully saturated rings. The Hall–Kier alpha value is -1.61. The number of carbonyl (C=O) groups excluding carboxylic acids is 1. The Morgan fingerprint density at radius 2 is 2.16 bits per heavy atom. The van der Waals surface area contributed by atoms with E-state index in [9.17, 15) is 9.59 Å². The van der Waals surface area contributed by atoms with Gasteiger partial charge in [0.25, 0.3) is 5.91 Å². The number of rotatable bonds is 4. The molecule has 1 aliphatic heterocycles. The zero-order valence-electron chi connectivity index (χ0n) is 12.4. The summed E-state index contributed by atoms with van der Waals surface area (Å²) in [4.78, 5) is 24.4. The Bertz CT molecular complexity index is 925. The zero-order chi connectivity index (χ0) is 18.1. The molecule has 0 aliphatic carbocycles. The van der Waals surface area contributed by atoms with Gasteiger partial charge in [0.05, 0.1) is 9.93 Å². The second-order valence-electron chi connectivity index (χ2n) is 4.99. The molecule has 3 rings (SSSR count). The van der Waals surface area contributed by atoms with Crippen molar-refractivity contribution in [2.45, 2.75) is 0 Å². The van der Waals surface area contributed by atoms with E-state index in [1.807, 2.05) is 12.1 Å². The zero-order valence-corrected chi connectivity index (χ0v) is 16.3. The highest BCUT2D eigenvalue weighted by Crippen LogP contribution is 2.34. The van der Waals surface area contributed by atoms with Gasteiger partial charge in [-0.3, -0.25) is 14.5 Å². The maximum absolute atomic E-state index is 12.2. The van der Waals surface area contributed by atoms with Gasteiger partial charge < -0.3 is 9.52 Å². The first-order valence-electron chi connectivity index (χ1n) is 6.87. The molecule has 25 heavy (non-hydrogen) atoms. The maximum Gasteiger partial charge on any atom is 0.323 e. The normalized spacial score (nSPS) is 16.1. The number of hydrogen-bond acceptors (Lipinski definition) is 5. The van der Waals surface area contributed by atoms with Crippen LogP contribution in [0.25, 0.3) is 17.4 Å². The first kappa shape index (κ1) is 18.2. The van der Waals surface area contributed by atoms with Gasteiger partial charge in [-0.1, -0.05) is 41.6 Å². The topological polar surface area (TPSA) is 70.8 Å². The molecular weight excluding hydrogens is 450 g/mol. The van der Waals surface area contributed by atoms with Crippen LogP contribution in [0.5, 0.6) is 0 Å². The third-order valence-electron chi connectivity index (χ3n) is 3.27. The molecule has 1 N–H and O–H groups in total. The minimum Gasteiger partial charge on any atom is -0.480 e. The van der Waals surface area contributed by atoms with Crippen LogP contribution in [0.1, 0.15) is 5.76 Å². The van der Waals surface area contributed by atoms with E-state index in [0.717, 1.165) is 26.7 Å². The summed E-state index contributed by atoms with van der Waals surface area (Å²) in [5.74, 6) is -0.501. The highest BCUT2D eigenvalue weighted by Gasteiger charge is 2.33. The lowest BCUT2D eigenvalue weighted by atomic mass is 10.2. The van der Waals surface area contributed by atoms with Gasteiger partial charge in [-0.15, -0.1) is 0 Å². The molecule has 1 amide bonds. The van der Waals surface area contributed by atoms with Gasteiger partial charge in [0.1, 0.15) is 22.4 Å². The monoisotopic (exact) mass is 457 g/mol. The molecule has 1 aromatic carbocycles. The second kappa shape index (κ2) is 7.33. The summed E-state index contributed by atoms with van der Waals surface area (Å²) in [5.41, 5.74) is 0.797. The molecule has 128 valence electrons. The van der Waals surface area contributed by atoms with E-state index in [0.29, 0.717) is 21.4 Å². The molecule has 0 radical (unpaired) electrons. The first-order valence-corrected chi connectivity index (χ1v) is 9.27. The Morgan fingerprint density at radius 1 is 1.40 bits per heavy atom. The van der Waals surface area contributed by atoms with Gasteiger partial charge in [0, 0.05) is 16.1 Å². The summed E-state index contributed by atoms with van der Waals surface area (Å²) in [6.45, 7) is -0.456. The second-order valence-corrected chi connectivity index (χ2v) is 7.93. The molecule has 9 heteroatoms. The number of benzene rings is 1. The number of aliphatic carboxylic acids is 1. The van der Waals surface area contributed by atoms with E-state index in [2.05, 4.69) is 15.9 Å². The number of amides is 1. The third kappa shape index (κ3) is 3.98. The smallest absolute Gasteiger partial charge is 0.323 e. The molecule has 5 nitrogen and oxygen atoms in total. The standard InChI is InChI=1S/C16H9BrClNO4S2/c17-10-3-1-8(5-11(10)18)12-4-2-9(23-12)6-13-15(22)19(7-14(20)21)16(24)25-13/h1-6H,7H2,(H,20,21)/b13-6+. The van der Waals surface area contributed by atoms with Crippen molar-refractivity contribution in [3.05, 3.63) is 50.5 Å². The fourth-order valence-corrected chi connectivity index (χ4v) is 3.80. The van der Waals surface area contributed by atoms with Crippen LogP contribution >= 0.6 is 51.5 Å². The van der Waals surface area contributed by atoms with Crippen molar-refractivity contribution in [3.8, 4) is 11.3 Å². The number of hydrogen-bond donors (Lipinski definition) is 1. The van der Waals surface area contributed by atoms with E-state index < -0.39 is 18.4 Å². The van der Waals surface area contributed by atoms with E-state index in [1.54, 1.807) is 24.3 Å². The van der Waals surface area contributed by atoms with E-state index >= 15 is 0 Å². The highest BCUT2D eigenvalue weighted by molar-refractivity contribution is 9.10. The van der Waals surface area contributed by atoms with Gasteiger partial charge in [0.15, 0.2) is 0 Å². The van der Waals surface area contributed by atoms with Crippen LogP contribution in [0.2, 0.25) is 5.02 Å². The van der Waals surface area contributed by atoms with Crippen molar-refractivity contribution in [2.24, 2.45) is 0 Å². The quantitative estimate of drug-likeness (QED) is 0.531. The van der Waals surface area contributed by atoms with Gasteiger partial charge in [-0.2, -0.15) is 0 Å². The SMILES string of the molecule is O=C(O)CN1C(=O)/C(=C\c2ccc(-c3ccc(Br)c(Cl)c3)o2)SC1=S. The number of furan rings is 1. The number of halogens is 2. The largest absolute Gasteiger partial charge is 0.480 e. The third-order valence-corrected chi connectivity index (χ3v) is 5.88. The van der Waals surface area contributed by atoms with Crippen molar-refractivity contribution in [3.63, 3.8) is 0 Å². The first-order chi connectivity index (χ1) is 11.8. The molecule has 1 saturated heterocycles. The number of carboxylic acids is 1. The molecule has 2 aromatic rings. The number of carbonyl (C=O) groups is 2. The van der Waals surface area contributed by atoms with Crippen LogP contribution in [-0.2, 0) is 9.59 Å². The molecule has 1 aromatic heterocycles. The Labute approximate surface area is 165 Å². The van der Waals surface area contributed by atoms with E-state index in [-0.39, 0.29) is 4.32 Å². The van der Waals surface area contributed by atoms with Crippen LogP contribution in [0.4, 0.5) is 0 Å². The lowest BCUT2D eigenvalue weighted by Gasteiger charge is -2.09. The Balaban J connectivity index is 1.84. The van der Waals surface area contributed by atoms with Crippen LogP contribution in [-0.4, -0.2) is 32.7 Å². The molecule has 0 bridgehead atoms. The summed E-state index contributed by atoms with van der Waals surface area (Å²) < 4.78 is 6.73. The number of thiocarbonyl (C=S) groups is 1. The molecule has 0 spiro atoms. The fourth-order valence-electron chi connectivity index (χ4n) is 2.14. The summed E-state index contributed by atoms with van der Waals surface area (Å²) in [6.07, 6.45) is 1.55. The fraction of sp³-hybridized carbons (Fsp3) is 0.0625. The van der Waals surface area contributed by atoms with Gasteiger partial charge in [-0.25, -0.2) is 0 Å². The Kier molecular flexibility index (Phi) is 5.33. The molecule has 0 atom stereocenters. The lowest BCUT2D eigenvalue weighted by molar-refractivity contribution is -0.140. The lowest BCUT2D eigenvalue weighted by Crippen LogP contribution is -2.33. The predicted octanol–water partition coefficient (Wildman–Crippen LogP) is 4.65. The van der Waals surface area contributed by atoms with Gasteiger partial charge in [-0.05, 0) is 40.2 Å². The number of nitrogens with zero attached hydrogens (tertiary/aromatic N) is 1. The van der Waals surface area contributed by atoms with Crippen LogP contribution in [0, 0.1) is 0 Å². The highest BCUT2D eigenvalue weighted by atomic mass is 79.9. The van der Waals surface area contributed by atoms with Crippen molar-refractivity contribution in [1.82, 2.24) is 4.90 Å². The minimum atomic E-state index is -1.12. The van der Waals surface area contributed by atoms with Crippen molar-refractivity contribution < 1.29 is 19.1 Å². The van der Waals surface area contributed by atoms with Crippen molar-refractivity contribution in [1.29, 1.82) is 0 Å². The molecule has 0 unspecified atom stereocenters. The summed E-state index contributed by atoms with van der Waals surface area (Å²) in [7, 11) is 0. The van der Waals surface area contributed by atoms with Crippen molar-refractivity contribution in [2.75, 3.05) is 6.54 Å². The van der Waals surface area contributed by atoms with Gasteiger partial charge >= 0.3 is 5.97 Å². The predicted molar refractivity (Wildman–Crippen MR) is 104 cm³/mol. The molecular formula is C16H9BrClNO4S2. The summed E-state index contributed by atoms with van der Waals surface area (Å²) in [5, 5.41) is 9.40. The van der Waals surface area contributed by atoms with Crippen LogP contribution in [0.15, 0.2) is 44.1 Å². The summed E-state index contributed by atoms with van der Waals surface area (Å²) in [6, 6.07) is 8.92. The number of thioether (sulfide) groups is 1. The van der Waals surface area contributed by atoms with Gasteiger partial charge in [0.2, 0.25) is 0 Å². The van der Waals surface area contributed by atoms with Crippen molar-refractivity contribution >= 4 is 73.8 Å². The minimum absolute atomic E-state index is 0.213. The van der Waals surface area contributed by atoms with Crippen LogP contribution in [0.3, 0.4) is 0 Å². The van der Waals surface area contributed by atoms with E-state index in [1.165, 1.54) is 0 Å². The summed E-state index contributed by atoms with van der Waals surface area (Å²) >= 11 is 15.5. The molecule has 0 saturated carbocycles. The molecule has 2 heterocycles. The maximum atomic E-state index is 12.2. The average Bonchev–Trinajstić information content (AvgIpc) is 3.11. The van der Waals surface area contributed by atoms with E-state index in [4.69, 9.17) is 33.3 Å². The number of carboxylic acid groups (broad SMARTS) is 1.